The van der Waals surface area contributed by atoms with Crippen LogP contribution in [0.2, 0.25) is 0 Å². The summed E-state index contributed by atoms with van der Waals surface area (Å²) in [6.45, 7) is 12.2. The highest BCUT2D eigenvalue weighted by Gasteiger charge is 2.36. The van der Waals surface area contributed by atoms with Crippen molar-refractivity contribution >= 4 is 0 Å². The number of aliphatic hydroxyl groups is 1. The molecule has 1 N–H and O–H groups in total. The van der Waals surface area contributed by atoms with Gasteiger partial charge in [-0.25, -0.2) is 0 Å². The van der Waals surface area contributed by atoms with Crippen LogP contribution in [-0.4, -0.2) is 73.0 Å². The van der Waals surface area contributed by atoms with Gasteiger partial charge in [0.1, 0.15) is 0 Å². The maximum Gasteiger partial charge on any atom is 0.0594 e. The van der Waals surface area contributed by atoms with Gasteiger partial charge < -0.3 is 14.7 Å². The van der Waals surface area contributed by atoms with E-state index in [0.717, 1.165) is 39.3 Å². The minimum Gasteiger partial charge on any atom is -0.393 e. The Kier molecular flexibility index (Phi) is 4.89. The number of hydrogen-bond acceptors (Lipinski definition) is 4. The molecule has 0 bridgehead atoms. The van der Waals surface area contributed by atoms with Gasteiger partial charge in [-0.1, -0.05) is 13.8 Å². The average Bonchev–Trinajstić information content (AvgIpc) is 2.92. The molecule has 2 saturated heterocycles. The summed E-state index contributed by atoms with van der Waals surface area (Å²) in [5.41, 5.74) is 0.410. The second-order valence-electron chi connectivity index (χ2n) is 8.08. The molecular formula is C17H32N2O2. The fourth-order valence-corrected chi connectivity index (χ4v) is 4.46. The summed E-state index contributed by atoms with van der Waals surface area (Å²) in [5.74, 6) is 0.470. The molecule has 21 heavy (non-hydrogen) atoms. The van der Waals surface area contributed by atoms with E-state index >= 15 is 0 Å². The van der Waals surface area contributed by atoms with Crippen molar-refractivity contribution in [2.24, 2.45) is 11.3 Å². The second kappa shape index (κ2) is 6.53. The molecule has 3 fully saturated rings. The van der Waals surface area contributed by atoms with Crippen molar-refractivity contribution in [2.75, 3.05) is 45.9 Å². The largest absolute Gasteiger partial charge is 0.393 e. The topological polar surface area (TPSA) is 35.9 Å². The smallest absolute Gasteiger partial charge is 0.0594 e. The predicted octanol–water partition coefficient (Wildman–Crippen LogP) is 1.58. The number of hydrogen-bond donors (Lipinski definition) is 1. The van der Waals surface area contributed by atoms with Gasteiger partial charge >= 0.3 is 0 Å². The van der Waals surface area contributed by atoms with Crippen LogP contribution in [0.4, 0.5) is 0 Å². The lowest BCUT2D eigenvalue weighted by molar-refractivity contribution is 0.00226. The zero-order chi connectivity index (χ0) is 14.9. The first-order valence-corrected chi connectivity index (χ1v) is 8.76. The van der Waals surface area contributed by atoms with Gasteiger partial charge in [-0.3, -0.25) is 4.90 Å². The van der Waals surface area contributed by atoms with Crippen molar-refractivity contribution < 1.29 is 9.84 Å². The molecule has 1 aliphatic carbocycles. The first kappa shape index (κ1) is 15.7. The molecule has 0 aromatic heterocycles. The average molecular weight is 296 g/mol. The summed E-state index contributed by atoms with van der Waals surface area (Å²) >= 11 is 0. The predicted molar refractivity (Wildman–Crippen MR) is 84.4 cm³/mol. The molecule has 3 atom stereocenters. The highest BCUT2D eigenvalue weighted by molar-refractivity contribution is 4.90. The van der Waals surface area contributed by atoms with Crippen LogP contribution in [0.1, 0.15) is 39.5 Å². The van der Waals surface area contributed by atoms with Crippen LogP contribution >= 0.6 is 0 Å². The summed E-state index contributed by atoms with van der Waals surface area (Å²) in [7, 11) is 0. The van der Waals surface area contributed by atoms with Gasteiger partial charge in [0.15, 0.2) is 0 Å². The molecule has 3 unspecified atom stereocenters. The second-order valence-corrected chi connectivity index (χ2v) is 8.08. The molecule has 4 heteroatoms. The quantitative estimate of drug-likeness (QED) is 0.858. The molecule has 0 spiro atoms. The Balaban J connectivity index is 1.49. The molecule has 2 heterocycles. The van der Waals surface area contributed by atoms with Crippen LogP contribution in [0.25, 0.3) is 0 Å². The van der Waals surface area contributed by atoms with E-state index in [2.05, 4.69) is 23.6 Å². The minimum absolute atomic E-state index is 0.0829. The van der Waals surface area contributed by atoms with Gasteiger partial charge in [-0.05, 0) is 43.6 Å². The Bertz CT molecular complexity index is 342. The van der Waals surface area contributed by atoms with E-state index in [-0.39, 0.29) is 6.10 Å². The van der Waals surface area contributed by atoms with Crippen molar-refractivity contribution in [1.82, 2.24) is 9.80 Å². The van der Waals surface area contributed by atoms with E-state index in [1.807, 2.05) is 0 Å². The molecule has 2 aliphatic heterocycles. The third-order valence-electron chi connectivity index (χ3n) is 5.78. The summed E-state index contributed by atoms with van der Waals surface area (Å²) in [6.07, 6.45) is 4.53. The van der Waals surface area contributed by atoms with Crippen molar-refractivity contribution in [2.45, 2.75) is 51.7 Å². The fraction of sp³-hybridized carbons (Fsp3) is 1.00. The number of nitrogens with zero attached hydrogens (tertiary/aromatic N) is 2. The first-order chi connectivity index (χ1) is 10.0. The maximum absolute atomic E-state index is 10.3. The molecule has 1 saturated carbocycles. The highest BCUT2D eigenvalue weighted by atomic mass is 16.5. The van der Waals surface area contributed by atoms with Gasteiger partial charge in [-0.2, -0.15) is 0 Å². The van der Waals surface area contributed by atoms with E-state index in [4.69, 9.17) is 4.74 Å². The van der Waals surface area contributed by atoms with E-state index in [1.54, 1.807) is 0 Å². The van der Waals surface area contributed by atoms with Crippen LogP contribution in [0.3, 0.4) is 0 Å². The normalized spacial score (nSPS) is 38.7. The zero-order valence-electron chi connectivity index (χ0n) is 13.8. The summed E-state index contributed by atoms with van der Waals surface area (Å²) in [4.78, 5) is 5.19. The molecule has 4 nitrogen and oxygen atoms in total. The number of ether oxygens (including phenoxy) is 1. The molecule has 0 aromatic rings. The lowest BCUT2D eigenvalue weighted by Crippen LogP contribution is -2.45. The van der Waals surface area contributed by atoms with Crippen LogP contribution < -0.4 is 0 Å². The Morgan fingerprint density at radius 1 is 1.14 bits per heavy atom. The van der Waals surface area contributed by atoms with Crippen molar-refractivity contribution in [3.8, 4) is 0 Å². The van der Waals surface area contributed by atoms with Gasteiger partial charge in [0.25, 0.3) is 0 Å². The SMILES string of the molecule is CC1(C)CCC(O)C(CN2CCC(N3CCOCC3)C2)C1. The van der Waals surface area contributed by atoms with E-state index < -0.39 is 0 Å². The number of rotatable bonds is 3. The van der Waals surface area contributed by atoms with Crippen molar-refractivity contribution in [1.29, 1.82) is 0 Å². The summed E-state index contributed by atoms with van der Waals surface area (Å²) in [5, 5.41) is 10.3. The minimum atomic E-state index is -0.0829. The maximum atomic E-state index is 10.3. The number of morpholine rings is 1. The molecule has 3 aliphatic rings. The van der Waals surface area contributed by atoms with Gasteiger partial charge in [0, 0.05) is 32.2 Å². The monoisotopic (exact) mass is 296 g/mol. The number of likely N-dealkylation sites (tertiary alicyclic amines) is 1. The van der Waals surface area contributed by atoms with Crippen LogP contribution in [0.15, 0.2) is 0 Å². The van der Waals surface area contributed by atoms with Crippen LogP contribution in [0.5, 0.6) is 0 Å². The highest BCUT2D eigenvalue weighted by Crippen LogP contribution is 2.39. The Morgan fingerprint density at radius 3 is 2.67 bits per heavy atom. The standard InChI is InChI=1S/C17H32N2O2/c1-17(2)5-3-16(20)14(11-17)12-18-6-4-15(13-18)19-7-9-21-10-8-19/h14-16,20H,3-13H2,1-2H3. The van der Waals surface area contributed by atoms with E-state index in [9.17, 15) is 5.11 Å². The lowest BCUT2D eigenvalue weighted by Gasteiger charge is -2.40. The van der Waals surface area contributed by atoms with Gasteiger partial charge in [0.2, 0.25) is 0 Å². The molecular weight excluding hydrogens is 264 g/mol. The Hall–Kier alpha value is -0.160. The van der Waals surface area contributed by atoms with Crippen molar-refractivity contribution in [3.63, 3.8) is 0 Å². The Morgan fingerprint density at radius 2 is 1.90 bits per heavy atom. The lowest BCUT2D eigenvalue weighted by atomic mass is 9.71. The Labute approximate surface area is 129 Å². The van der Waals surface area contributed by atoms with E-state index in [1.165, 1.54) is 32.4 Å². The molecule has 0 radical (unpaired) electrons. The van der Waals surface area contributed by atoms with E-state index in [0.29, 0.717) is 17.4 Å². The third-order valence-corrected chi connectivity index (χ3v) is 5.78. The van der Waals surface area contributed by atoms with Crippen LogP contribution in [-0.2, 0) is 4.74 Å². The molecule has 3 rings (SSSR count). The third kappa shape index (κ3) is 3.98. The molecule has 122 valence electrons. The van der Waals surface area contributed by atoms with Crippen molar-refractivity contribution in [3.05, 3.63) is 0 Å². The zero-order valence-corrected chi connectivity index (χ0v) is 13.8. The molecule has 0 amide bonds. The first-order valence-electron chi connectivity index (χ1n) is 8.76. The van der Waals surface area contributed by atoms with Gasteiger partial charge in [-0.15, -0.1) is 0 Å². The summed E-state index contributed by atoms with van der Waals surface area (Å²) < 4.78 is 5.46. The number of aliphatic hydroxyl groups excluding tert-OH is 1. The molecule has 0 aromatic carbocycles. The summed E-state index contributed by atoms with van der Waals surface area (Å²) in [6, 6.07) is 0.711. The van der Waals surface area contributed by atoms with Gasteiger partial charge in [0.05, 0.1) is 19.3 Å². The fourth-order valence-electron chi connectivity index (χ4n) is 4.46. The van der Waals surface area contributed by atoms with Crippen LogP contribution in [0, 0.1) is 11.3 Å².